The van der Waals surface area contributed by atoms with Gasteiger partial charge < -0.3 is 5.32 Å². The van der Waals surface area contributed by atoms with E-state index in [0.29, 0.717) is 11.5 Å². The van der Waals surface area contributed by atoms with E-state index in [1.54, 1.807) is 0 Å². The molecule has 1 N–H and O–H groups in total. The second kappa shape index (κ2) is 8.29. The second-order valence-corrected chi connectivity index (χ2v) is 7.75. The Labute approximate surface area is 121 Å². The zero-order valence-corrected chi connectivity index (χ0v) is 14.1. The molecule has 0 aliphatic heterocycles. The maximum atomic E-state index is 3.77. The smallest absolute Gasteiger partial charge is 0.0116 e. The van der Waals surface area contributed by atoms with Crippen LogP contribution >= 0.6 is 0 Å². The molecule has 1 aliphatic rings. The molecular weight excluding hydrogens is 230 g/mol. The van der Waals surface area contributed by atoms with Gasteiger partial charge in [-0.2, -0.15) is 0 Å². The molecule has 0 amide bonds. The molecule has 0 aromatic carbocycles. The van der Waals surface area contributed by atoms with E-state index in [0.717, 1.165) is 11.8 Å². The van der Waals surface area contributed by atoms with Crippen molar-refractivity contribution in [3.05, 3.63) is 0 Å². The quantitative estimate of drug-likeness (QED) is 0.651. The molecule has 1 heteroatoms. The van der Waals surface area contributed by atoms with E-state index < -0.39 is 0 Å². The first-order chi connectivity index (χ1) is 8.97. The van der Waals surface area contributed by atoms with E-state index in [-0.39, 0.29) is 0 Å². The first kappa shape index (κ1) is 17.0. The molecule has 0 aromatic rings. The van der Waals surface area contributed by atoms with Crippen molar-refractivity contribution < 1.29 is 0 Å². The van der Waals surface area contributed by atoms with Crippen molar-refractivity contribution in [2.24, 2.45) is 17.3 Å². The van der Waals surface area contributed by atoms with E-state index in [1.165, 1.54) is 57.9 Å². The fourth-order valence-corrected chi connectivity index (χ4v) is 3.49. The Morgan fingerprint density at radius 2 is 1.58 bits per heavy atom. The van der Waals surface area contributed by atoms with Crippen LogP contribution in [0.4, 0.5) is 0 Å². The molecular formula is C18H37N. The highest BCUT2D eigenvalue weighted by atomic mass is 14.9. The third-order valence-electron chi connectivity index (χ3n) is 5.09. The lowest BCUT2D eigenvalue weighted by Crippen LogP contribution is -2.41. The van der Waals surface area contributed by atoms with Crippen molar-refractivity contribution in [2.45, 2.75) is 92.0 Å². The largest absolute Gasteiger partial charge is 0.313 e. The van der Waals surface area contributed by atoms with Gasteiger partial charge in [-0.05, 0) is 43.1 Å². The van der Waals surface area contributed by atoms with Gasteiger partial charge in [0.15, 0.2) is 0 Å². The van der Waals surface area contributed by atoms with E-state index in [1.807, 2.05) is 0 Å². The van der Waals surface area contributed by atoms with E-state index in [4.69, 9.17) is 0 Å². The number of hydrogen-bond donors (Lipinski definition) is 1. The standard InChI is InChI=1S/C18H37N/c1-6-14-19-17(18(3,4)5)13-12-16-10-8-15(7-2)9-11-16/h15-17,19H,6-14H2,1-5H3. The van der Waals surface area contributed by atoms with Crippen LogP contribution in [0.15, 0.2) is 0 Å². The summed E-state index contributed by atoms with van der Waals surface area (Å²) in [6.07, 6.45) is 11.4. The van der Waals surface area contributed by atoms with Crippen molar-refractivity contribution >= 4 is 0 Å². The van der Waals surface area contributed by atoms with Gasteiger partial charge in [0.25, 0.3) is 0 Å². The van der Waals surface area contributed by atoms with Crippen LogP contribution < -0.4 is 5.32 Å². The molecule has 1 nitrogen and oxygen atoms in total. The summed E-state index contributed by atoms with van der Waals surface area (Å²) in [7, 11) is 0. The predicted octanol–water partition coefficient (Wildman–Crippen LogP) is 5.40. The molecule has 0 heterocycles. The zero-order chi connectivity index (χ0) is 14.3. The summed E-state index contributed by atoms with van der Waals surface area (Å²) in [4.78, 5) is 0. The molecule has 0 spiro atoms. The summed E-state index contributed by atoms with van der Waals surface area (Å²) >= 11 is 0. The fourth-order valence-electron chi connectivity index (χ4n) is 3.49. The van der Waals surface area contributed by atoms with Gasteiger partial charge in [0.1, 0.15) is 0 Å². The summed E-state index contributed by atoms with van der Waals surface area (Å²) in [6, 6.07) is 0.691. The van der Waals surface area contributed by atoms with Gasteiger partial charge in [0, 0.05) is 6.04 Å². The molecule has 0 saturated heterocycles. The van der Waals surface area contributed by atoms with Crippen LogP contribution in [0.2, 0.25) is 0 Å². The minimum Gasteiger partial charge on any atom is -0.313 e. The minimum atomic E-state index is 0.399. The summed E-state index contributed by atoms with van der Waals surface area (Å²) < 4.78 is 0. The molecule has 1 unspecified atom stereocenters. The molecule has 19 heavy (non-hydrogen) atoms. The SMILES string of the molecule is CCCNC(CCC1CCC(CC)CC1)C(C)(C)C. The summed E-state index contributed by atoms with van der Waals surface area (Å²) in [5.74, 6) is 2.05. The van der Waals surface area contributed by atoms with Crippen LogP contribution in [0.3, 0.4) is 0 Å². The van der Waals surface area contributed by atoms with Crippen molar-refractivity contribution in [1.29, 1.82) is 0 Å². The lowest BCUT2D eigenvalue weighted by atomic mass is 9.76. The summed E-state index contributed by atoms with van der Waals surface area (Å²) in [6.45, 7) is 12.9. The Hall–Kier alpha value is -0.0400. The van der Waals surface area contributed by atoms with Crippen LogP contribution in [0.5, 0.6) is 0 Å². The van der Waals surface area contributed by atoms with Gasteiger partial charge in [-0.3, -0.25) is 0 Å². The van der Waals surface area contributed by atoms with Crippen LogP contribution in [0, 0.1) is 17.3 Å². The molecule has 1 atom stereocenters. The highest BCUT2D eigenvalue weighted by molar-refractivity contribution is 4.82. The van der Waals surface area contributed by atoms with E-state index in [2.05, 4.69) is 39.9 Å². The first-order valence-electron chi connectivity index (χ1n) is 8.70. The average Bonchev–Trinajstić information content (AvgIpc) is 2.38. The lowest BCUT2D eigenvalue weighted by molar-refractivity contribution is 0.209. The van der Waals surface area contributed by atoms with Gasteiger partial charge in [0.2, 0.25) is 0 Å². The van der Waals surface area contributed by atoms with Gasteiger partial charge in [-0.1, -0.05) is 66.7 Å². The Bertz CT molecular complexity index is 220. The van der Waals surface area contributed by atoms with Crippen molar-refractivity contribution in [1.82, 2.24) is 5.32 Å². The van der Waals surface area contributed by atoms with Crippen LogP contribution in [0.25, 0.3) is 0 Å². The maximum Gasteiger partial charge on any atom is 0.0116 e. The van der Waals surface area contributed by atoms with Crippen molar-refractivity contribution in [3.63, 3.8) is 0 Å². The predicted molar refractivity (Wildman–Crippen MR) is 86.5 cm³/mol. The molecule has 0 aromatic heterocycles. The average molecular weight is 268 g/mol. The van der Waals surface area contributed by atoms with Crippen LogP contribution in [0.1, 0.15) is 86.0 Å². The van der Waals surface area contributed by atoms with Crippen LogP contribution in [-0.2, 0) is 0 Å². The fraction of sp³-hybridized carbons (Fsp3) is 1.00. The Morgan fingerprint density at radius 1 is 1.00 bits per heavy atom. The minimum absolute atomic E-state index is 0.399. The molecule has 114 valence electrons. The first-order valence-corrected chi connectivity index (χ1v) is 8.70. The topological polar surface area (TPSA) is 12.0 Å². The third kappa shape index (κ3) is 6.29. The molecule has 1 saturated carbocycles. The Kier molecular flexibility index (Phi) is 7.42. The lowest BCUT2D eigenvalue weighted by Gasteiger charge is -2.34. The number of rotatable bonds is 7. The normalized spacial score (nSPS) is 26.4. The molecule has 1 aliphatic carbocycles. The monoisotopic (exact) mass is 267 g/mol. The Morgan fingerprint density at radius 3 is 2.05 bits per heavy atom. The zero-order valence-electron chi connectivity index (χ0n) is 14.1. The van der Waals surface area contributed by atoms with Crippen molar-refractivity contribution in [3.8, 4) is 0 Å². The van der Waals surface area contributed by atoms with Gasteiger partial charge in [0.05, 0.1) is 0 Å². The van der Waals surface area contributed by atoms with E-state index in [9.17, 15) is 0 Å². The second-order valence-electron chi connectivity index (χ2n) is 7.75. The summed E-state index contributed by atoms with van der Waals surface area (Å²) in [5.41, 5.74) is 0.399. The van der Waals surface area contributed by atoms with Gasteiger partial charge in [-0.25, -0.2) is 0 Å². The maximum absolute atomic E-state index is 3.77. The summed E-state index contributed by atoms with van der Waals surface area (Å²) in [5, 5.41) is 3.77. The highest BCUT2D eigenvalue weighted by Gasteiger charge is 2.26. The third-order valence-corrected chi connectivity index (χ3v) is 5.09. The highest BCUT2D eigenvalue weighted by Crippen LogP contribution is 2.34. The van der Waals surface area contributed by atoms with Crippen molar-refractivity contribution in [2.75, 3.05) is 6.54 Å². The van der Waals surface area contributed by atoms with Gasteiger partial charge in [-0.15, -0.1) is 0 Å². The Balaban J connectivity index is 2.31. The molecule has 1 rings (SSSR count). The van der Waals surface area contributed by atoms with Crippen LogP contribution in [-0.4, -0.2) is 12.6 Å². The van der Waals surface area contributed by atoms with Gasteiger partial charge >= 0.3 is 0 Å². The molecule has 0 bridgehead atoms. The number of nitrogens with one attached hydrogen (secondary N) is 1. The van der Waals surface area contributed by atoms with E-state index >= 15 is 0 Å². The number of hydrogen-bond acceptors (Lipinski definition) is 1. The molecule has 1 fully saturated rings. The molecule has 0 radical (unpaired) electrons.